The van der Waals surface area contributed by atoms with E-state index in [9.17, 15) is 0 Å². The first-order chi connectivity index (χ1) is 9.66. The van der Waals surface area contributed by atoms with E-state index in [0.29, 0.717) is 0 Å². The van der Waals surface area contributed by atoms with Crippen LogP contribution in [0.2, 0.25) is 0 Å². The smallest absolute Gasteiger partial charge is 0.196 e. The fourth-order valence-corrected chi connectivity index (χ4v) is 2.24. The summed E-state index contributed by atoms with van der Waals surface area (Å²) < 4.78 is 5.93. The average molecular weight is 270 g/mol. The third-order valence-electron chi connectivity index (χ3n) is 3.38. The summed E-state index contributed by atoms with van der Waals surface area (Å²) in [6, 6.07) is 7.95. The molecule has 0 bridgehead atoms. The van der Waals surface area contributed by atoms with Gasteiger partial charge in [0.15, 0.2) is 11.4 Å². The van der Waals surface area contributed by atoms with E-state index in [1.54, 1.807) is 6.33 Å². The minimum absolute atomic E-state index is 0.759. The van der Waals surface area contributed by atoms with E-state index in [0.717, 1.165) is 41.0 Å². The lowest BCUT2D eigenvalue weighted by Gasteiger charge is -2.20. The molecule has 0 spiro atoms. The molecule has 5 nitrogen and oxygen atoms in total. The van der Waals surface area contributed by atoms with Gasteiger partial charge in [-0.1, -0.05) is 12.1 Å². The van der Waals surface area contributed by atoms with Crippen LogP contribution < -0.4 is 4.90 Å². The summed E-state index contributed by atoms with van der Waals surface area (Å²) in [6.45, 7) is 1.85. The number of para-hydroxylation sites is 1. The minimum Gasteiger partial charge on any atom is -0.450 e. The van der Waals surface area contributed by atoms with Gasteiger partial charge in [-0.3, -0.25) is 0 Å². The molecule has 0 radical (unpaired) electrons. The van der Waals surface area contributed by atoms with E-state index in [-0.39, 0.29) is 0 Å². The Bertz CT molecular complexity index is 735. The summed E-state index contributed by atoms with van der Waals surface area (Å²) in [4.78, 5) is 13.0. The maximum absolute atomic E-state index is 5.93. The molecule has 0 aliphatic heterocycles. The molecule has 0 N–H and O–H groups in total. The van der Waals surface area contributed by atoms with E-state index in [1.165, 1.54) is 0 Å². The molecule has 0 saturated carbocycles. The second kappa shape index (κ2) is 5.09. The van der Waals surface area contributed by atoms with Gasteiger partial charge >= 0.3 is 0 Å². The SMILES string of the molecule is CN(C)CCN(C)c1ncnc2c1oc1ccccc12. The second-order valence-corrected chi connectivity index (χ2v) is 5.20. The highest BCUT2D eigenvalue weighted by Gasteiger charge is 2.15. The molecule has 0 aliphatic carbocycles. The van der Waals surface area contributed by atoms with Crippen LogP contribution in [0.4, 0.5) is 5.82 Å². The predicted octanol–water partition coefficient (Wildman–Crippen LogP) is 2.37. The third-order valence-corrected chi connectivity index (χ3v) is 3.38. The second-order valence-electron chi connectivity index (χ2n) is 5.20. The molecule has 2 heterocycles. The molecule has 0 amide bonds. The van der Waals surface area contributed by atoms with Crippen molar-refractivity contribution in [2.24, 2.45) is 0 Å². The van der Waals surface area contributed by atoms with Crippen molar-refractivity contribution >= 4 is 27.9 Å². The van der Waals surface area contributed by atoms with E-state index >= 15 is 0 Å². The minimum atomic E-state index is 0.759. The zero-order chi connectivity index (χ0) is 14.1. The number of hydrogen-bond donors (Lipinski definition) is 0. The Morgan fingerprint density at radius 2 is 1.85 bits per heavy atom. The van der Waals surface area contributed by atoms with Crippen LogP contribution in [0.25, 0.3) is 22.1 Å². The Hall–Kier alpha value is -2.14. The molecular weight excluding hydrogens is 252 g/mol. The van der Waals surface area contributed by atoms with Gasteiger partial charge in [-0.05, 0) is 26.2 Å². The van der Waals surface area contributed by atoms with Gasteiger partial charge < -0.3 is 14.2 Å². The standard InChI is InChI=1S/C15H18N4O/c1-18(2)8-9-19(3)15-14-13(16-10-17-15)11-6-4-5-7-12(11)20-14/h4-7,10H,8-9H2,1-3H3. The number of likely N-dealkylation sites (N-methyl/N-ethyl adjacent to an activating group) is 2. The largest absolute Gasteiger partial charge is 0.450 e. The van der Waals surface area contributed by atoms with E-state index < -0.39 is 0 Å². The number of furan rings is 1. The molecule has 0 saturated heterocycles. The Labute approximate surface area is 117 Å². The van der Waals surface area contributed by atoms with Crippen molar-refractivity contribution in [3.63, 3.8) is 0 Å². The van der Waals surface area contributed by atoms with Gasteiger partial charge in [0.25, 0.3) is 0 Å². The summed E-state index contributed by atoms with van der Waals surface area (Å²) in [6.07, 6.45) is 1.60. The van der Waals surface area contributed by atoms with Gasteiger partial charge in [0.05, 0.1) is 0 Å². The Morgan fingerprint density at radius 3 is 2.65 bits per heavy atom. The zero-order valence-corrected chi connectivity index (χ0v) is 12.0. The van der Waals surface area contributed by atoms with Crippen molar-refractivity contribution in [3.8, 4) is 0 Å². The van der Waals surface area contributed by atoms with Gasteiger partial charge in [-0.15, -0.1) is 0 Å². The van der Waals surface area contributed by atoms with Crippen LogP contribution in [0.1, 0.15) is 0 Å². The molecule has 2 aromatic heterocycles. The van der Waals surface area contributed by atoms with Gasteiger partial charge in [-0.2, -0.15) is 0 Å². The van der Waals surface area contributed by atoms with Gasteiger partial charge in [-0.25, -0.2) is 9.97 Å². The van der Waals surface area contributed by atoms with Crippen LogP contribution in [0.15, 0.2) is 35.0 Å². The molecule has 1 aromatic carbocycles. The van der Waals surface area contributed by atoms with Gasteiger partial charge in [0.2, 0.25) is 0 Å². The summed E-state index contributed by atoms with van der Waals surface area (Å²) in [5.41, 5.74) is 2.49. The molecule has 5 heteroatoms. The normalized spacial score (nSPS) is 11.6. The number of nitrogens with zero attached hydrogens (tertiary/aromatic N) is 4. The van der Waals surface area contributed by atoms with Crippen molar-refractivity contribution in [1.82, 2.24) is 14.9 Å². The Balaban J connectivity index is 2.07. The molecule has 3 aromatic rings. The monoisotopic (exact) mass is 270 g/mol. The fraction of sp³-hybridized carbons (Fsp3) is 0.333. The van der Waals surface area contributed by atoms with Crippen LogP contribution in [-0.4, -0.2) is 49.1 Å². The molecule has 0 atom stereocenters. The van der Waals surface area contributed by atoms with E-state index in [2.05, 4.69) is 33.9 Å². The lowest BCUT2D eigenvalue weighted by Crippen LogP contribution is -2.29. The first kappa shape index (κ1) is 12.9. The average Bonchev–Trinajstić information content (AvgIpc) is 2.83. The first-order valence-electron chi connectivity index (χ1n) is 6.65. The number of anilines is 1. The Morgan fingerprint density at radius 1 is 1.05 bits per heavy atom. The van der Waals surface area contributed by atoms with Crippen molar-refractivity contribution in [1.29, 1.82) is 0 Å². The predicted molar refractivity (Wildman–Crippen MR) is 81.1 cm³/mol. The summed E-state index contributed by atoms with van der Waals surface area (Å²) >= 11 is 0. The molecule has 3 rings (SSSR count). The number of hydrogen-bond acceptors (Lipinski definition) is 5. The highest BCUT2D eigenvalue weighted by atomic mass is 16.3. The highest BCUT2D eigenvalue weighted by molar-refractivity contribution is 6.05. The summed E-state index contributed by atoms with van der Waals surface area (Å²) in [7, 11) is 6.15. The van der Waals surface area contributed by atoms with E-state index in [1.807, 2.05) is 31.3 Å². The number of aromatic nitrogens is 2. The summed E-state index contributed by atoms with van der Waals surface area (Å²) in [5, 5.41) is 1.03. The van der Waals surface area contributed by atoms with Gasteiger partial charge in [0.1, 0.15) is 17.4 Å². The topological polar surface area (TPSA) is 45.4 Å². The fourth-order valence-electron chi connectivity index (χ4n) is 2.24. The number of fused-ring (bicyclic) bond motifs is 3. The molecular formula is C15H18N4O. The number of rotatable bonds is 4. The molecule has 0 aliphatic rings. The number of benzene rings is 1. The quantitative estimate of drug-likeness (QED) is 0.728. The molecule has 104 valence electrons. The maximum Gasteiger partial charge on any atom is 0.196 e. The highest BCUT2D eigenvalue weighted by Crippen LogP contribution is 2.31. The zero-order valence-electron chi connectivity index (χ0n) is 12.0. The van der Waals surface area contributed by atoms with Crippen LogP contribution >= 0.6 is 0 Å². The van der Waals surface area contributed by atoms with Crippen LogP contribution in [-0.2, 0) is 0 Å². The van der Waals surface area contributed by atoms with Crippen LogP contribution in [0, 0.1) is 0 Å². The van der Waals surface area contributed by atoms with Crippen molar-refractivity contribution < 1.29 is 4.42 Å². The van der Waals surface area contributed by atoms with Crippen LogP contribution in [0.5, 0.6) is 0 Å². The maximum atomic E-state index is 5.93. The van der Waals surface area contributed by atoms with Crippen molar-refractivity contribution in [2.75, 3.05) is 39.1 Å². The lowest BCUT2D eigenvalue weighted by molar-refractivity contribution is 0.416. The molecule has 0 fully saturated rings. The van der Waals surface area contributed by atoms with Crippen LogP contribution in [0.3, 0.4) is 0 Å². The van der Waals surface area contributed by atoms with Crippen molar-refractivity contribution in [2.45, 2.75) is 0 Å². The lowest BCUT2D eigenvalue weighted by atomic mass is 10.2. The Kier molecular flexibility index (Phi) is 3.28. The van der Waals surface area contributed by atoms with Gasteiger partial charge in [0, 0.05) is 25.5 Å². The molecule has 20 heavy (non-hydrogen) atoms. The van der Waals surface area contributed by atoms with E-state index in [4.69, 9.17) is 4.42 Å². The van der Waals surface area contributed by atoms with Crippen molar-refractivity contribution in [3.05, 3.63) is 30.6 Å². The summed E-state index contributed by atoms with van der Waals surface area (Å²) in [5.74, 6) is 0.841. The first-order valence-corrected chi connectivity index (χ1v) is 6.65. The third kappa shape index (κ3) is 2.20. The molecule has 0 unspecified atom stereocenters.